The minimum Gasteiger partial charge on any atom is -0.308 e. The molecule has 1 aromatic rings. The van der Waals surface area contributed by atoms with E-state index in [4.69, 9.17) is 9.05 Å². The summed E-state index contributed by atoms with van der Waals surface area (Å²) in [4.78, 5) is -0.252. The fourth-order valence-electron chi connectivity index (χ4n) is 1.79. The van der Waals surface area contributed by atoms with Gasteiger partial charge in [0.25, 0.3) is 0 Å². The van der Waals surface area contributed by atoms with Crippen molar-refractivity contribution in [3.8, 4) is 0 Å². The zero-order chi connectivity index (χ0) is 14.3. The Morgan fingerprint density at radius 3 is 2.05 bits per heavy atom. The summed E-state index contributed by atoms with van der Waals surface area (Å²) in [5, 5.41) is 0. The molecular weight excluding hydrogens is 279 g/mol. The van der Waals surface area contributed by atoms with E-state index in [9.17, 15) is 4.57 Å². The molecule has 0 N–H and O–H groups in total. The Morgan fingerprint density at radius 2 is 1.63 bits per heavy atom. The molecule has 0 aliphatic heterocycles. The summed E-state index contributed by atoms with van der Waals surface area (Å²) in [6.07, 6.45) is 0. The maximum atomic E-state index is 12.9. The van der Waals surface area contributed by atoms with Crippen LogP contribution in [-0.4, -0.2) is 19.0 Å². The first-order valence-electron chi connectivity index (χ1n) is 6.64. The predicted molar refractivity (Wildman–Crippen MR) is 82.9 cm³/mol. The van der Waals surface area contributed by atoms with Crippen LogP contribution in [0.3, 0.4) is 0 Å². The summed E-state index contributed by atoms with van der Waals surface area (Å²) in [6, 6.07) is 8.07. The summed E-state index contributed by atoms with van der Waals surface area (Å²) in [5.74, 6) is 0.864. The van der Waals surface area contributed by atoms with Crippen molar-refractivity contribution in [2.24, 2.45) is 0 Å². The van der Waals surface area contributed by atoms with Crippen molar-refractivity contribution >= 4 is 19.4 Å². The number of hydrogen-bond donors (Lipinski definition) is 0. The maximum Gasteiger partial charge on any atom is 0.347 e. The fourth-order valence-corrected chi connectivity index (χ4v) is 5.60. The van der Waals surface area contributed by atoms with E-state index in [0.717, 1.165) is 11.3 Å². The van der Waals surface area contributed by atoms with Crippen molar-refractivity contribution in [1.82, 2.24) is 0 Å². The van der Waals surface area contributed by atoms with E-state index in [1.807, 2.05) is 52.0 Å². The van der Waals surface area contributed by atoms with E-state index >= 15 is 0 Å². The first kappa shape index (κ1) is 16.8. The number of benzene rings is 1. The topological polar surface area (TPSA) is 35.5 Å². The number of thioether (sulfide) groups is 1. The van der Waals surface area contributed by atoms with Crippen LogP contribution in [0.1, 0.15) is 36.9 Å². The van der Waals surface area contributed by atoms with E-state index in [1.54, 1.807) is 11.8 Å². The van der Waals surface area contributed by atoms with Crippen LogP contribution >= 0.6 is 19.4 Å². The van der Waals surface area contributed by atoms with Gasteiger partial charge in [0.05, 0.1) is 13.2 Å². The Balaban J connectivity index is 3.09. The van der Waals surface area contributed by atoms with Crippen LogP contribution in [-0.2, 0) is 13.6 Å². The van der Waals surface area contributed by atoms with Crippen LogP contribution in [0.2, 0.25) is 0 Å². The Morgan fingerprint density at radius 1 is 1.11 bits per heavy atom. The second kappa shape index (κ2) is 8.11. The SMILES string of the molecule is CCOP(=O)(OCC)C(SCC)c1ccc(C)cc1. The molecule has 108 valence electrons. The fraction of sp³-hybridized carbons (Fsp3) is 0.571. The molecule has 1 rings (SSSR count). The van der Waals surface area contributed by atoms with Crippen LogP contribution in [0, 0.1) is 6.92 Å². The van der Waals surface area contributed by atoms with Gasteiger partial charge in [0.15, 0.2) is 0 Å². The predicted octanol–water partition coefficient (Wildman–Crippen LogP) is 5.01. The summed E-state index contributed by atoms with van der Waals surface area (Å²) in [6.45, 7) is 8.56. The van der Waals surface area contributed by atoms with Crippen LogP contribution in [0.4, 0.5) is 0 Å². The maximum absolute atomic E-state index is 12.9. The molecule has 0 saturated heterocycles. The van der Waals surface area contributed by atoms with Gasteiger partial charge in [-0.05, 0) is 32.1 Å². The zero-order valence-corrected chi connectivity index (χ0v) is 13.8. The first-order chi connectivity index (χ1) is 9.07. The van der Waals surface area contributed by atoms with Crippen molar-refractivity contribution in [1.29, 1.82) is 0 Å². The number of hydrogen-bond acceptors (Lipinski definition) is 4. The third-order valence-corrected chi connectivity index (χ3v) is 6.84. The van der Waals surface area contributed by atoms with E-state index in [2.05, 4.69) is 0 Å². The third kappa shape index (κ3) is 4.64. The van der Waals surface area contributed by atoms with Crippen LogP contribution < -0.4 is 0 Å². The molecule has 5 heteroatoms. The Hall–Kier alpha value is -0.280. The highest BCUT2D eigenvalue weighted by Gasteiger charge is 2.36. The lowest BCUT2D eigenvalue weighted by molar-refractivity contribution is 0.218. The molecule has 0 aromatic heterocycles. The second-order valence-corrected chi connectivity index (χ2v) is 7.94. The number of rotatable bonds is 8. The standard InChI is InChI=1S/C14H23O3PS/c1-5-16-18(15,17-6-2)14(19-7-3)13-10-8-12(4)9-11-13/h8-11,14H,5-7H2,1-4H3. The molecule has 3 nitrogen and oxygen atoms in total. The van der Waals surface area contributed by atoms with Gasteiger partial charge in [-0.2, -0.15) is 0 Å². The highest BCUT2D eigenvalue weighted by molar-refractivity contribution is 8.04. The van der Waals surface area contributed by atoms with Crippen LogP contribution in [0.15, 0.2) is 24.3 Å². The molecule has 19 heavy (non-hydrogen) atoms. The lowest BCUT2D eigenvalue weighted by atomic mass is 10.2. The average Bonchev–Trinajstić information content (AvgIpc) is 2.38. The molecule has 1 unspecified atom stereocenters. The minimum atomic E-state index is -3.12. The monoisotopic (exact) mass is 302 g/mol. The van der Waals surface area contributed by atoms with Gasteiger partial charge >= 0.3 is 7.60 Å². The van der Waals surface area contributed by atoms with Gasteiger partial charge < -0.3 is 9.05 Å². The van der Waals surface area contributed by atoms with Crippen LogP contribution in [0.5, 0.6) is 0 Å². The normalized spacial score (nSPS) is 13.5. The minimum absolute atomic E-state index is 0.252. The largest absolute Gasteiger partial charge is 0.347 e. The molecule has 0 aliphatic carbocycles. The Bertz CT molecular complexity index is 409. The smallest absolute Gasteiger partial charge is 0.308 e. The molecule has 1 atom stereocenters. The molecular formula is C14H23O3PS. The lowest BCUT2D eigenvalue weighted by Gasteiger charge is -2.26. The van der Waals surface area contributed by atoms with Gasteiger partial charge in [-0.15, -0.1) is 11.8 Å². The molecule has 0 spiro atoms. The summed E-state index contributed by atoms with van der Waals surface area (Å²) >= 11 is 1.61. The Kier molecular flexibility index (Phi) is 7.16. The van der Waals surface area contributed by atoms with E-state index < -0.39 is 7.60 Å². The van der Waals surface area contributed by atoms with Crippen molar-refractivity contribution in [2.75, 3.05) is 19.0 Å². The van der Waals surface area contributed by atoms with E-state index in [-0.39, 0.29) is 4.99 Å². The van der Waals surface area contributed by atoms with Crippen molar-refractivity contribution in [2.45, 2.75) is 32.7 Å². The third-order valence-electron chi connectivity index (χ3n) is 2.59. The van der Waals surface area contributed by atoms with Crippen LogP contribution in [0.25, 0.3) is 0 Å². The molecule has 0 fully saturated rings. The first-order valence-corrected chi connectivity index (χ1v) is 9.30. The highest BCUT2D eigenvalue weighted by atomic mass is 32.2. The second-order valence-electron chi connectivity index (χ2n) is 4.09. The summed E-state index contributed by atoms with van der Waals surface area (Å²) in [5.41, 5.74) is 2.19. The lowest BCUT2D eigenvalue weighted by Crippen LogP contribution is -2.04. The average molecular weight is 302 g/mol. The van der Waals surface area contributed by atoms with Gasteiger partial charge in [-0.25, -0.2) is 0 Å². The van der Waals surface area contributed by atoms with Gasteiger partial charge in [0, 0.05) is 0 Å². The molecule has 0 saturated carbocycles. The summed E-state index contributed by atoms with van der Waals surface area (Å²) in [7, 11) is -3.12. The molecule has 1 aromatic carbocycles. The van der Waals surface area contributed by atoms with Gasteiger partial charge in [-0.1, -0.05) is 36.8 Å². The zero-order valence-electron chi connectivity index (χ0n) is 12.1. The van der Waals surface area contributed by atoms with Crippen molar-refractivity contribution < 1.29 is 13.6 Å². The van der Waals surface area contributed by atoms with Crippen molar-refractivity contribution in [3.05, 3.63) is 35.4 Å². The highest BCUT2D eigenvalue weighted by Crippen LogP contribution is 2.65. The molecule has 0 aliphatic rings. The van der Waals surface area contributed by atoms with Gasteiger partial charge in [0.2, 0.25) is 0 Å². The molecule has 0 heterocycles. The number of aryl methyl sites for hydroxylation is 1. The van der Waals surface area contributed by atoms with Gasteiger partial charge in [-0.3, -0.25) is 4.57 Å². The van der Waals surface area contributed by atoms with Gasteiger partial charge in [0.1, 0.15) is 4.99 Å². The summed E-state index contributed by atoms with van der Waals surface area (Å²) < 4.78 is 23.9. The van der Waals surface area contributed by atoms with E-state index in [0.29, 0.717) is 13.2 Å². The molecule has 0 amide bonds. The molecule has 0 radical (unpaired) electrons. The van der Waals surface area contributed by atoms with Crippen molar-refractivity contribution in [3.63, 3.8) is 0 Å². The van der Waals surface area contributed by atoms with E-state index in [1.165, 1.54) is 5.56 Å². The Labute approximate surface area is 120 Å². The quantitative estimate of drug-likeness (QED) is 0.632. The molecule has 0 bridgehead atoms.